The van der Waals surface area contributed by atoms with Gasteiger partial charge in [-0.15, -0.1) is 0 Å². The van der Waals surface area contributed by atoms with Gasteiger partial charge >= 0.3 is 5.97 Å². The first kappa shape index (κ1) is 14.9. The number of ether oxygens (including phenoxy) is 1. The van der Waals surface area contributed by atoms with Crippen molar-refractivity contribution in [2.75, 3.05) is 14.2 Å². The predicted molar refractivity (Wildman–Crippen MR) is 78.3 cm³/mol. The molecule has 0 unspecified atom stereocenters. The molecule has 1 aromatic carbocycles. The molecule has 0 atom stereocenters. The molecule has 20 heavy (non-hydrogen) atoms. The Morgan fingerprint density at radius 2 is 2.05 bits per heavy atom. The van der Waals surface area contributed by atoms with Crippen LogP contribution in [0.5, 0.6) is 5.75 Å². The van der Waals surface area contributed by atoms with E-state index in [1.165, 1.54) is 32.1 Å². The third-order valence-electron chi connectivity index (χ3n) is 4.15. The van der Waals surface area contributed by atoms with Crippen LogP contribution >= 0.6 is 0 Å². The largest absolute Gasteiger partial charge is 0.496 e. The van der Waals surface area contributed by atoms with E-state index < -0.39 is 5.97 Å². The summed E-state index contributed by atoms with van der Waals surface area (Å²) >= 11 is 0. The second kappa shape index (κ2) is 6.75. The summed E-state index contributed by atoms with van der Waals surface area (Å²) in [5.41, 5.74) is 1.26. The van der Waals surface area contributed by atoms with E-state index in [2.05, 4.69) is 11.9 Å². The lowest BCUT2D eigenvalue weighted by Gasteiger charge is -2.31. The zero-order chi connectivity index (χ0) is 14.5. The molecule has 0 heterocycles. The van der Waals surface area contributed by atoms with E-state index in [4.69, 9.17) is 9.84 Å². The zero-order valence-corrected chi connectivity index (χ0v) is 12.3. The number of rotatable bonds is 5. The third kappa shape index (κ3) is 3.51. The lowest BCUT2D eigenvalue weighted by molar-refractivity contribution is 0.0696. The van der Waals surface area contributed by atoms with Gasteiger partial charge in [-0.25, -0.2) is 4.79 Å². The smallest absolute Gasteiger partial charge is 0.335 e. The molecule has 0 amide bonds. The topological polar surface area (TPSA) is 49.8 Å². The van der Waals surface area contributed by atoms with Crippen molar-refractivity contribution < 1.29 is 14.6 Å². The summed E-state index contributed by atoms with van der Waals surface area (Å²) in [4.78, 5) is 13.4. The van der Waals surface area contributed by atoms with Crippen molar-refractivity contribution in [2.45, 2.75) is 44.7 Å². The molecule has 1 aliphatic rings. The quantitative estimate of drug-likeness (QED) is 0.898. The van der Waals surface area contributed by atoms with Gasteiger partial charge in [-0.1, -0.05) is 19.3 Å². The average molecular weight is 277 g/mol. The van der Waals surface area contributed by atoms with E-state index in [0.717, 1.165) is 17.9 Å². The van der Waals surface area contributed by atoms with E-state index in [1.54, 1.807) is 25.3 Å². The Bertz CT molecular complexity index is 467. The molecule has 4 nitrogen and oxygen atoms in total. The molecule has 0 aliphatic heterocycles. The van der Waals surface area contributed by atoms with E-state index >= 15 is 0 Å². The van der Waals surface area contributed by atoms with Crippen molar-refractivity contribution in [2.24, 2.45) is 0 Å². The highest BCUT2D eigenvalue weighted by Crippen LogP contribution is 2.26. The standard InChI is InChI=1S/C16H23NO3/c1-17(14-6-4-3-5-7-14)11-13-10-12(16(18)19)8-9-15(13)20-2/h8-10,14H,3-7,11H2,1-2H3,(H,18,19). The van der Waals surface area contributed by atoms with Gasteiger partial charge in [0.1, 0.15) is 5.75 Å². The second-order valence-electron chi connectivity index (χ2n) is 5.54. The molecule has 0 radical (unpaired) electrons. The normalized spacial score (nSPS) is 16.4. The molecule has 1 N–H and O–H groups in total. The van der Waals surface area contributed by atoms with Gasteiger partial charge in [-0.2, -0.15) is 0 Å². The summed E-state index contributed by atoms with van der Waals surface area (Å²) in [6, 6.07) is 5.65. The van der Waals surface area contributed by atoms with Crippen LogP contribution in [0, 0.1) is 0 Å². The Hall–Kier alpha value is -1.55. The van der Waals surface area contributed by atoms with Gasteiger partial charge in [-0.05, 0) is 38.1 Å². The lowest BCUT2D eigenvalue weighted by Crippen LogP contribution is -2.33. The Balaban J connectivity index is 2.13. The highest BCUT2D eigenvalue weighted by molar-refractivity contribution is 5.88. The van der Waals surface area contributed by atoms with Crippen LogP contribution in [0.3, 0.4) is 0 Å². The first-order chi connectivity index (χ1) is 9.61. The molecule has 2 rings (SSSR count). The zero-order valence-electron chi connectivity index (χ0n) is 12.3. The van der Waals surface area contributed by atoms with Crippen molar-refractivity contribution in [3.63, 3.8) is 0 Å². The van der Waals surface area contributed by atoms with E-state index in [9.17, 15) is 4.79 Å². The maximum Gasteiger partial charge on any atom is 0.335 e. The van der Waals surface area contributed by atoms with Crippen LogP contribution in [-0.4, -0.2) is 36.2 Å². The number of carboxylic acids is 1. The molecular formula is C16H23NO3. The van der Waals surface area contributed by atoms with Crippen molar-refractivity contribution in [1.29, 1.82) is 0 Å². The van der Waals surface area contributed by atoms with E-state index in [0.29, 0.717) is 11.6 Å². The minimum Gasteiger partial charge on any atom is -0.496 e. The van der Waals surface area contributed by atoms with Crippen LogP contribution in [0.1, 0.15) is 48.0 Å². The molecule has 1 aromatic rings. The Kier molecular flexibility index (Phi) is 5.01. The van der Waals surface area contributed by atoms with Crippen LogP contribution in [0.2, 0.25) is 0 Å². The number of methoxy groups -OCH3 is 1. The Morgan fingerprint density at radius 1 is 1.35 bits per heavy atom. The molecule has 0 aromatic heterocycles. The van der Waals surface area contributed by atoms with Gasteiger partial charge in [0.2, 0.25) is 0 Å². The number of carboxylic acid groups (broad SMARTS) is 1. The van der Waals surface area contributed by atoms with Gasteiger partial charge in [0.15, 0.2) is 0 Å². The third-order valence-corrected chi connectivity index (χ3v) is 4.15. The number of aromatic carboxylic acids is 1. The minimum absolute atomic E-state index is 0.317. The van der Waals surface area contributed by atoms with Crippen LogP contribution in [-0.2, 0) is 6.54 Å². The van der Waals surface area contributed by atoms with E-state index in [1.807, 2.05) is 0 Å². The van der Waals surface area contributed by atoms with Gasteiger partial charge in [0.25, 0.3) is 0 Å². The number of carbonyl (C=O) groups is 1. The van der Waals surface area contributed by atoms with Crippen molar-refractivity contribution in [3.8, 4) is 5.75 Å². The Morgan fingerprint density at radius 3 is 2.65 bits per heavy atom. The molecule has 1 saturated carbocycles. The molecule has 1 aliphatic carbocycles. The molecular weight excluding hydrogens is 254 g/mol. The molecule has 1 fully saturated rings. The molecule has 0 spiro atoms. The highest BCUT2D eigenvalue weighted by atomic mass is 16.5. The number of hydrogen-bond donors (Lipinski definition) is 1. The van der Waals surface area contributed by atoms with E-state index in [-0.39, 0.29) is 0 Å². The van der Waals surface area contributed by atoms with Crippen LogP contribution < -0.4 is 4.74 Å². The summed E-state index contributed by atoms with van der Waals surface area (Å²) in [6.45, 7) is 0.731. The Labute approximate surface area is 120 Å². The highest BCUT2D eigenvalue weighted by Gasteiger charge is 2.19. The first-order valence-corrected chi connectivity index (χ1v) is 7.22. The van der Waals surface area contributed by atoms with Gasteiger partial charge < -0.3 is 9.84 Å². The maximum absolute atomic E-state index is 11.1. The molecule has 0 bridgehead atoms. The summed E-state index contributed by atoms with van der Waals surface area (Å²) in [5, 5.41) is 9.10. The fourth-order valence-corrected chi connectivity index (χ4v) is 2.95. The monoisotopic (exact) mass is 277 g/mol. The van der Waals surface area contributed by atoms with Crippen molar-refractivity contribution in [3.05, 3.63) is 29.3 Å². The summed E-state index contributed by atoms with van der Waals surface area (Å²) in [5.74, 6) is -0.133. The molecule has 0 saturated heterocycles. The maximum atomic E-state index is 11.1. The SMILES string of the molecule is COc1ccc(C(=O)O)cc1CN(C)C1CCCCC1. The van der Waals surface area contributed by atoms with Crippen LogP contribution in [0.15, 0.2) is 18.2 Å². The molecule has 110 valence electrons. The predicted octanol–water partition coefficient (Wildman–Crippen LogP) is 3.16. The second-order valence-corrected chi connectivity index (χ2v) is 5.54. The summed E-state index contributed by atoms with van der Waals surface area (Å²) in [7, 11) is 3.74. The van der Waals surface area contributed by atoms with Crippen molar-refractivity contribution >= 4 is 5.97 Å². The summed E-state index contributed by atoms with van der Waals surface area (Å²) in [6.07, 6.45) is 6.39. The fraction of sp³-hybridized carbons (Fsp3) is 0.562. The molecule has 4 heteroatoms. The number of hydrogen-bond acceptors (Lipinski definition) is 3. The first-order valence-electron chi connectivity index (χ1n) is 7.22. The van der Waals surface area contributed by atoms with Crippen LogP contribution in [0.25, 0.3) is 0 Å². The fourth-order valence-electron chi connectivity index (χ4n) is 2.95. The number of nitrogens with zero attached hydrogens (tertiary/aromatic N) is 1. The van der Waals surface area contributed by atoms with Gasteiger partial charge in [-0.3, -0.25) is 4.90 Å². The van der Waals surface area contributed by atoms with Crippen molar-refractivity contribution in [1.82, 2.24) is 4.90 Å². The summed E-state index contributed by atoms with van der Waals surface area (Å²) < 4.78 is 5.35. The van der Waals surface area contributed by atoms with Crippen LogP contribution in [0.4, 0.5) is 0 Å². The lowest BCUT2D eigenvalue weighted by atomic mass is 9.94. The average Bonchev–Trinajstić information content (AvgIpc) is 2.48. The minimum atomic E-state index is -0.894. The number of benzene rings is 1. The van der Waals surface area contributed by atoms with Gasteiger partial charge in [0, 0.05) is 18.2 Å². The van der Waals surface area contributed by atoms with Gasteiger partial charge in [0.05, 0.1) is 12.7 Å².